The van der Waals surface area contributed by atoms with Gasteiger partial charge in [0.2, 0.25) is 0 Å². The number of ether oxygens (including phenoxy) is 1. The topological polar surface area (TPSA) is 79.2 Å². The third-order valence-electron chi connectivity index (χ3n) is 2.81. The zero-order valence-corrected chi connectivity index (χ0v) is 10.7. The first kappa shape index (κ1) is 14.0. The van der Waals surface area contributed by atoms with E-state index in [-0.39, 0.29) is 24.4 Å². The summed E-state index contributed by atoms with van der Waals surface area (Å²) in [6.07, 6.45) is -0.123. The van der Waals surface area contributed by atoms with Crippen molar-refractivity contribution in [1.82, 2.24) is 0 Å². The van der Waals surface area contributed by atoms with Crippen LogP contribution >= 0.6 is 0 Å². The zero-order chi connectivity index (χ0) is 14.7. The van der Waals surface area contributed by atoms with Crippen LogP contribution in [0, 0.1) is 5.82 Å². The summed E-state index contributed by atoms with van der Waals surface area (Å²) in [4.78, 5) is 22.8. The number of anilines is 1. The van der Waals surface area contributed by atoms with E-state index in [1.807, 2.05) is 0 Å². The highest BCUT2D eigenvalue weighted by Crippen LogP contribution is 2.27. The fourth-order valence-electron chi connectivity index (χ4n) is 1.90. The summed E-state index contributed by atoms with van der Waals surface area (Å²) in [5.74, 6) is -2.47. The Balaban J connectivity index is 2.35. The quantitative estimate of drug-likeness (QED) is 0.843. The number of carboxylic acid groups (broad SMARTS) is 1. The second kappa shape index (κ2) is 5.68. The number of carboxylic acids is 1. The zero-order valence-electron chi connectivity index (χ0n) is 10.7. The van der Waals surface area contributed by atoms with Gasteiger partial charge in [-0.2, -0.15) is 5.10 Å². The maximum absolute atomic E-state index is 13.7. The maximum Gasteiger partial charge on any atom is 0.354 e. The van der Waals surface area contributed by atoms with E-state index in [0.717, 1.165) is 5.01 Å². The number of esters is 1. The van der Waals surface area contributed by atoms with Crippen molar-refractivity contribution in [3.63, 3.8) is 0 Å². The minimum Gasteiger partial charge on any atom is -0.480 e. The van der Waals surface area contributed by atoms with Gasteiger partial charge < -0.3 is 9.84 Å². The molecular formula is C13H13FN2O4. The lowest BCUT2D eigenvalue weighted by Crippen LogP contribution is -2.35. The van der Waals surface area contributed by atoms with Crippen molar-refractivity contribution in [2.75, 3.05) is 11.6 Å². The Labute approximate surface area is 114 Å². The first-order valence-corrected chi connectivity index (χ1v) is 6.05. The molecule has 1 atom stereocenters. The molecule has 7 heteroatoms. The average molecular weight is 280 g/mol. The fourth-order valence-corrected chi connectivity index (χ4v) is 1.90. The van der Waals surface area contributed by atoms with Gasteiger partial charge in [-0.3, -0.25) is 0 Å². The Morgan fingerprint density at radius 1 is 1.50 bits per heavy atom. The summed E-state index contributed by atoms with van der Waals surface area (Å²) < 4.78 is 18.5. The van der Waals surface area contributed by atoms with Crippen molar-refractivity contribution in [3.8, 4) is 0 Å². The number of benzene rings is 1. The summed E-state index contributed by atoms with van der Waals surface area (Å²) in [7, 11) is 0. The van der Waals surface area contributed by atoms with Crippen molar-refractivity contribution < 1.29 is 23.8 Å². The summed E-state index contributed by atoms with van der Waals surface area (Å²) in [6, 6.07) is 4.54. The number of rotatable bonds is 4. The predicted octanol–water partition coefficient (Wildman–Crippen LogP) is 1.41. The Morgan fingerprint density at radius 3 is 2.80 bits per heavy atom. The second-order valence-electron chi connectivity index (χ2n) is 4.12. The molecule has 1 aromatic carbocycles. The monoisotopic (exact) mass is 280 g/mol. The van der Waals surface area contributed by atoms with Crippen LogP contribution in [0.25, 0.3) is 0 Å². The van der Waals surface area contributed by atoms with E-state index in [9.17, 15) is 19.1 Å². The number of hydrogen-bond acceptors (Lipinski definition) is 5. The van der Waals surface area contributed by atoms with E-state index in [1.54, 1.807) is 13.0 Å². The highest BCUT2D eigenvalue weighted by atomic mass is 19.1. The lowest BCUT2D eigenvalue weighted by Gasteiger charge is -2.20. The molecule has 1 aliphatic heterocycles. The second-order valence-corrected chi connectivity index (χ2v) is 4.12. The van der Waals surface area contributed by atoms with E-state index >= 15 is 0 Å². The predicted molar refractivity (Wildman–Crippen MR) is 69.0 cm³/mol. The molecular weight excluding hydrogens is 267 g/mol. The van der Waals surface area contributed by atoms with E-state index in [4.69, 9.17) is 4.74 Å². The summed E-state index contributed by atoms with van der Waals surface area (Å²) in [5.41, 5.74) is -0.0123. The molecule has 1 aromatic rings. The maximum atomic E-state index is 13.7. The van der Waals surface area contributed by atoms with Crippen molar-refractivity contribution in [1.29, 1.82) is 0 Å². The number of aliphatic carboxylic acids is 1. The Morgan fingerprint density at radius 2 is 2.20 bits per heavy atom. The minimum absolute atomic E-state index is 0.0131. The smallest absolute Gasteiger partial charge is 0.354 e. The van der Waals surface area contributed by atoms with Gasteiger partial charge in [0.15, 0.2) is 6.04 Å². The molecule has 0 aliphatic carbocycles. The number of nitrogens with zero attached hydrogens (tertiary/aromatic N) is 2. The van der Waals surface area contributed by atoms with Gasteiger partial charge in [-0.05, 0) is 19.1 Å². The molecule has 0 aromatic heterocycles. The Kier molecular flexibility index (Phi) is 3.97. The van der Waals surface area contributed by atoms with Gasteiger partial charge >= 0.3 is 11.9 Å². The number of hydrogen-bond donors (Lipinski definition) is 1. The largest absolute Gasteiger partial charge is 0.480 e. The first-order valence-electron chi connectivity index (χ1n) is 6.05. The number of para-hydroxylation sites is 1. The Hall–Kier alpha value is -2.44. The van der Waals surface area contributed by atoms with Crippen molar-refractivity contribution in [2.45, 2.75) is 19.4 Å². The third kappa shape index (κ3) is 2.61. The van der Waals surface area contributed by atoms with Crippen LogP contribution in [0.4, 0.5) is 10.1 Å². The van der Waals surface area contributed by atoms with Gasteiger partial charge in [0.1, 0.15) is 11.5 Å². The van der Waals surface area contributed by atoms with E-state index in [0.29, 0.717) is 0 Å². The number of halogens is 1. The average Bonchev–Trinajstić information content (AvgIpc) is 2.84. The molecule has 1 N–H and O–H groups in total. The van der Waals surface area contributed by atoms with Gasteiger partial charge in [-0.1, -0.05) is 12.1 Å². The summed E-state index contributed by atoms with van der Waals surface area (Å²) in [5, 5.41) is 14.1. The van der Waals surface area contributed by atoms with Gasteiger partial charge in [0.25, 0.3) is 0 Å². The summed E-state index contributed by atoms with van der Waals surface area (Å²) >= 11 is 0. The molecule has 0 saturated heterocycles. The molecule has 0 bridgehead atoms. The molecule has 1 heterocycles. The SMILES string of the molecule is CCOC(=O)C1=NN(c2ccccc2F)[C@H](C(=O)O)C1. The van der Waals surface area contributed by atoms with Crippen molar-refractivity contribution >= 4 is 23.3 Å². The van der Waals surface area contributed by atoms with Gasteiger partial charge in [0, 0.05) is 6.42 Å². The van der Waals surface area contributed by atoms with Crippen LogP contribution in [-0.2, 0) is 14.3 Å². The van der Waals surface area contributed by atoms with E-state index in [1.165, 1.54) is 18.2 Å². The molecule has 0 spiro atoms. The molecule has 20 heavy (non-hydrogen) atoms. The standard InChI is InChI=1S/C13H13FN2O4/c1-2-20-13(19)9-7-11(12(17)18)16(15-9)10-6-4-3-5-8(10)14/h3-6,11H,2,7H2,1H3,(H,17,18)/t11-/m0/s1. The molecule has 0 amide bonds. The third-order valence-corrected chi connectivity index (χ3v) is 2.81. The molecule has 106 valence electrons. The van der Waals surface area contributed by atoms with Crippen LogP contribution in [-0.4, -0.2) is 35.4 Å². The van der Waals surface area contributed by atoms with E-state index in [2.05, 4.69) is 5.10 Å². The molecule has 6 nitrogen and oxygen atoms in total. The van der Waals surface area contributed by atoms with Crippen LogP contribution in [0.15, 0.2) is 29.4 Å². The number of carbonyl (C=O) groups is 2. The highest BCUT2D eigenvalue weighted by molar-refractivity contribution is 6.38. The van der Waals surface area contributed by atoms with Gasteiger partial charge in [0.05, 0.1) is 12.3 Å². The van der Waals surface area contributed by atoms with Crippen LogP contribution in [0.5, 0.6) is 0 Å². The fraction of sp³-hybridized carbons (Fsp3) is 0.308. The van der Waals surface area contributed by atoms with Crippen LogP contribution in [0.2, 0.25) is 0 Å². The minimum atomic E-state index is -1.18. The van der Waals surface area contributed by atoms with Gasteiger partial charge in [-0.25, -0.2) is 19.0 Å². The van der Waals surface area contributed by atoms with Crippen LogP contribution < -0.4 is 5.01 Å². The normalized spacial score (nSPS) is 17.8. The van der Waals surface area contributed by atoms with Gasteiger partial charge in [-0.15, -0.1) is 0 Å². The van der Waals surface area contributed by atoms with Crippen LogP contribution in [0.3, 0.4) is 0 Å². The molecule has 2 rings (SSSR count). The number of carbonyl (C=O) groups excluding carboxylic acids is 1. The van der Waals surface area contributed by atoms with Crippen molar-refractivity contribution in [3.05, 3.63) is 30.1 Å². The number of hydrazone groups is 1. The van der Waals surface area contributed by atoms with Crippen LogP contribution in [0.1, 0.15) is 13.3 Å². The van der Waals surface area contributed by atoms with Crippen molar-refractivity contribution in [2.24, 2.45) is 5.10 Å². The Bertz CT molecular complexity index is 573. The molecule has 0 fully saturated rings. The first-order chi connectivity index (χ1) is 9.54. The molecule has 0 saturated carbocycles. The summed E-state index contributed by atoms with van der Waals surface area (Å²) in [6.45, 7) is 1.80. The lowest BCUT2D eigenvalue weighted by molar-refractivity contribution is -0.138. The highest BCUT2D eigenvalue weighted by Gasteiger charge is 2.37. The molecule has 0 unspecified atom stereocenters. The lowest BCUT2D eigenvalue weighted by atomic mass is 10.1. The van der Waals surface area contributed by atoms with E-state index < -0.39 is 23.8 Å². The molecule has 0 radical (unpaired) electrons. The molecule has 1 aliphatic rings.